The number of nitrogens with zero attached hydrogens (tertiary/aromatic N) is 1. The van der Waals surface area contributed by atoms with E-state index in [1.165, 1.54) is 25.7 Å². The first kappa shape index (κ1) is 33.3. The molecule has 0 aromatic heterocycles. The van der Waals surface area contributed by atoms with E-state index in [9.17, 15) is 42.8 Å². The number of hydrogen-bond acceptors (Lipinski definition) is 8. The van der Waals surface area contributed by atoms with Gasteiger partial charge in [0.05, 0.1) is 0 Å². The number of hydrogen-bond donors (Lipinski definition) is 4. The van der Waals surface area contributed by atoms with E-state index in [1.807, 2.05) is 12.2 Å². The van der Waals surface area contributed by atoms with Crippen molar-refractivity contribution in [2.45, 2.75) is 94.6 Å². The Bertz CT molecular complexity index is 1000. The van der Waals surface area contributed by atoms with Crippen molar-refractivity contribution in [1.82, 2.24) is 3.71 Å². The van der Waals surface area contributed by atoms with Crippen LogP contribution in [0, 0.1) is 0 Å². The van der Waals surface area contributed by atoms with Crippen molar-refractivity contribution in [2.24, 2.45) is 0 Å². The molecule has 17 heteroatoms. The summed E-state index contributed by atoms with van der Waals surface area (Å²) in [4.78, 5) is 0. The van der Waals surface area contributed by atoms with Gasteiger partial charge in [0.15, 0.2) is 0 Å². The van der Waals surface area contributed by atoms with Crippen LogP contribution in [0.5, 0.6) is 0 Å². The summed E-state index contributed by atoms with van der Waals surface area (Å²) in [5.41, 5.74) is 0. The zero-order valence-electron chi connectivity index (χ0n) is 19.0. The van der Waals surface area contributed by atoms with Gasteiger partial charge in [-0.15, -0.1) is 0 Å². The summed E-state index contributed by atoms with van der Waals surface area (Å²) in [6.45, 7) is 2.15. The summed E-state index contributed by atoms with van der Waals surface area (Å²) in [7, 11) is -25.2. The van der Waals surface area contributed by atoms with Crippen LogP contribution < -0.4 is 0 Å². The van der Waals surface area contributed by atoms with Crippen LogP contribution in [0.4, 0.5) is 0 Å². The number of unbranched alkanes of at least 4 members (excludes halogenated alkanes) is 10. The topological polar surface area (TPSA) is 221 Å². The molecule has 0 aromatic carbocycles. The SMILES string of the molecule is CCCCCCCCC=CCCCCCCC(N(S(=O)(=O)O)S(=O)(=O)O)(S(=O)(=O)O)S(=O)(=O)O. The lowest BCUT2D eigenvalue weighted by Gasteiger charge is -2.33. The van der Waals surface area contributed by atoms with Gasteiger partial charge in [-0.2, -0.15) is 33.7 Å². The van der Waals surface area contributed by atoms with Gasteiger partial charge in [0.2, 0.25) is 0 Å². The lowest BCUT2D eigenvalue weighted by Crippen LogP contribution is -2.62. The second-order valence-electron chi connectivity index (χ2n) is 7.80. The fourth-order valence-electron chi connectivity index (χ4n) is 3.38. The molecule has 0 amide bonds. The van der Waals surface area contributed by atoms with Gasteiger partial charge < -0.3 is 0 Å². The second-order valence-corrected chi connectivity index (χ2v) is 14.1. The molecule has 0 aromatic rings. The molecule has 0 fully saturated rings. The minimum atomic E-state index is -6.31. The highest BCUT2D eigenvalue weighted by molar-refractivity contribution is 8.08. The molecule has 0 aliphatic carbocycles. The summed E-state index contributed by atoms with van der Waals surface area (Å²) in [5.74, 6) is 0. The van der Waals surface area contributed by atoms with Crippen LogP contribution in [0.15, 0.2) is 12.2 Å². The Hall–Kier alpha value is -0.660. The van der Waals surface area contributed by atoms with Crippen molar-refractivity contribution in [2.75, 3.05) is 0 Å². The van der Waals surface area contributed by atoms with Crippen LogP contribution in [0.25, 0.3) is 0 Å². The van der Waals surface area contributed by atoms with Crippen LogP contribution >= 0.6 is 0 Å². The third kappa shape index (κ3) is 10.5. The molecular formula is C17H35NO12S4. The fraction of sp³-hybridized carbons (Fsp3) is 0.882. The van der Waals surface area contributed by atoms with Gasteiger partial charge in [0, 0.05) is 6.42 Å². The van der Waals surface area contributed by atoms with Gasteiger partial charge in [0.1, 0.15) is 0 Å². The van der Waals surface area contributed by atoms with Gasteiger partial charge in [0.25, 0.3) is 0 Å². The zero-order valence-corrected chi connectivity index (χ0v) is 22.2. The monoisotopic (exact) mass is 573 g/mol. The van der Waals surface area contributed by atoms with Crippen molar-refractivity contribution >= 4 is 40.8 Å². The molecule has 0 rings (SSSR count). The normalized spacial score (nSPS) is 14.3. The van der Waals surface area contributed by atoms with Gasteiger partial charge >= 0.3 is 45.0 Å². The molecule has 0 saturated carbocycles. The molecule has 0 radical (unpaired) electrons. The first-order chi connectivity index (χ1) is 15.4. The van der Waals surface area contributed by atoms with Crippen LogP contribution in [-0.2, 0) is 40.8 Å². The largest absolute Gasteiger partial charge is 0.353 e. The summed E-state index contributed by atoms with van der Waals surface area (Å²) < 4.78 is 124. The molecule has 204 valence electrons. The van der Waals surface area contributed by atoms with E-state index in [0.29, 0.717) is 19.3 Å². The van der Waals surface area contributed by atoms with E-state index < -0.39 is 61.6 Å². The molecule has 0 bridgehead atoms. The van der Waals surface area contributed by atoms with E-state index >= 15 is 0 Å². The van der Waals surface area contributed by atoms with Crippen molar-refractivity contribution in [3.63, 3.8) is 0 Å². The molecule has 0 unspecified atom stereocenters. The Labute approximate surface area is 202 Å². The summed E-state index contributed by atoms with van der Waals surface area (Å²) in [6, 6.07) is 0. The highest BCUT2D eigenvalue weighted by Crippen LogP contribution is 2.37. The lowest BCUT2D eigenvalue weighted by molar-refractivity contribution is 0.302. The Balaban J connectivity index is 5.07. The Kier molecular flexibility index (Phi) is 13.9. The van der Waals surface area contributed by atoms with Crippen molar-refractivity contribution in [1.29, 1.82) is 0 Å². The average Bonchev–Trinajstić information content (AvgIpc) is 2.63. The van der Waals surface area contributed by atoms with E-state index in [1.54, 1.807) is 0 Å². The molecule has 0 spiro atoms. The highest BCUT2D eigenvalue weighted by Gasteiger charge is 2.67. The first-order valence-corrected chi connectivity index (χ1v) is 16.4. The molecule has 0 aliphatic heterocycles. The molecule has 0 saturated heterocycles. The molecule has 13 nitrogen and oxygen atoms in total. The molecule has 34 heavy (non-hydrogen) atoms. The first-order valence-electron chi connectivity index (χ1n) is 10.8. The smallest absolute Gasteiger partial charge is 0.283 e. The van der Waals surface area contributed by atoms with Crippen molar-refractivity contribution in [3.8, 4) is 0 Å². The molecular weight excluding hydrogens is 538 g/mol. The maximum absolute atomic E-state index is 11.8. The zero-order chi connectivity index (χ0) is 26.7. The molecule has 0 atom stereocenters. The summed E-state index contributed by atoms with van der Waals surface area (Å²) in [6.07, 6.45) is 11.6. The van der Waals surface area contributed by atoms with Crippen LogP contribution in [0.3, 0.4) is 0 Å². The Morgan fingerprint density at radius 3 is 1.29 bits per heavy atom. The van der Waals surface area contributed by atoms with Gasteiger partial charge in [-0.1, -0.05) is 64.0 Å². The standard InChI is InChI=1S/C17H35NO12S4/c1-2-3-4-5-6-7-8-9-10-11-12-13-14-15-16-17(31(19,20)21,32(22,23)24)18(33(25,26)27)34(28,29)30/h9-10H,2-8,11-16H2,1H3,(H,19,20,21)(H,22,23,24)(H,25,26,27)(H,28,29,30). The fourth-order valence-corrected chi connectivity index (χ4v) is 9.73. The quantitative estimate of drug-likeness (QED) is 0.0994. The minimum absolute atomic E-state index is 0.0445. The summed E-state index contributed by atoms with van der Waals surface area (Å²) in [5, 5.41) is 0. The second kappa shape index (κ2) is 14.2. The van der Waals surface area contributed by atoms with Crippen LogP contribution in [0.1, 0.15) is 90.4 Å². The maximum Gasteiger partial charge on any atom is 0.353 e. The predicted octanol–water partition coefficient (Wildman–Crippen LogP) is 2.97. The molecule has 4 N–H and O–H groups in total. The highest BCUT2D eigenvalue weighted by atomic mass is 32.3. The van der Waals surface area contributed by atoms with Crippen molar-refractivity contribution in [3.05, 3.63) is 12.2 Å². The van der Waals surface area contributed by atoms with Crippen molar-refractivity contribution < 1.29 is 51.9 Å². The van der Waals surface area contributed by atoms with E-state index in [0.717, 1.165) is 19.3 Å². The van der Waals surface area contributed by atoms with Gasteiger partial charge in [-0.05, 0) is 35.8 Å². The molecule has 0 aliphatic rings. The van der Waals surface area contributed by atoms with E-state index in [2.05, 4.69) is 6.92 Å². The summed E-state index contributed by atoms with van der Waals surface area (Å²) >= 11 is 0. The lowest BCUT2D eigenvalue weighted by atomic mass is 10.1. The maximum atomic E-state index is 11.8. The average molecular weight is 574 g/mol. The van der Waals surface area contributed by atoms with Crippen LogP contribution in [-0.4, -0.2) is 59.8 Å². The van der Waals surface area contributed by atoms with Gasteiger partial charge in [-0.3, -0.25) is 18.2 Å². The number of allylic oxidation sites excluding steroid dienone is 2. The Morgan fingerprint density at radius 1 is 0.588 bits per heavy atom. The van der Waals surface area contributed by atoms with E-state index in [4.69, 9.17) is 9.11 Å². The van der Waals surface area contributed by atoms with Crippen LogP contribution in [0.2, 0.25) is 0 Å². The predicted molar refractivity (Wildman–Crippen MR) is 126 cm³/mol. The molecule has 0 heterocycles. The third-order valence-electron chi connectivity index (χ3n) is 5.01. The Morgan fingerprint density at radius 2 is 0.941 bits per heavy atom. The number of rotatable bonds is 19. The van der Waals surface area contributed by atoms with E-state index in [-0.39, 0.29) is 6.42 Å². The minimum Gasteiger partial charge on any atom is -0.283 e. The van der Waals surface area contributed by atoms with Gasteiger partial charge in [-0.25, -0.2) is 0 Å². The third-order valence-corrected chi connectivity index (χ3v) is 11.7.